The van der Waals surface area contributed by atoms with Crippen LogP contribution in [-0.4, -0.2) is 31.1 Å². The van der Waals surface area contributed by atoms with Crippen LogP contribution in [0, 0.1) is 6.92 Å². The predicted molar refractivity (Wildman–Crippen MR) is 80.8 cm³/mol. The molecule has 19 heavy (non-hydrogen) atoms. The minimum absolute atomic E-state index is 0.334. The Bertz CT molecular complexity index is 441. The topological polar surface area (TPSA) is 49.4 Å². The van der Waals surface area contributed by atoms with Gasteiger partial charge in [-0.1, -0.05) is 13.8 Å². The summed E-state index contributed by atoms with van der Waals surface area (Å²) >= 11 is 0. The Labute approximate surface area is 115 Å². The summed E-state index contributed by atoms with van der Waals surface area (Å²) in [5.74, 6) is 0. The molecule has 1 N–H and O–H groups in total. The third-order valence-electron chi connectivity index (χ3n) is 3.43. The van der Waals surface area contributed by atoms with E-state index in [1.807, 2.05) is 0 Å². The molecule has 0 amide bonds. The van der Waals surface area contributed by atoms with Gasteiger partial charge in [-0.15, -0.1) is 0 Å². The fourth-order valence-corrected chi connectivity index (χ4v) is 2.36. The van der Waals surface area contributed by atoms with Gasteiger partial charge in [0, 0.05) is 12.1 Å². The lowest BCUT2D eigenvalue weighted by Crippen LogP contribution is -2.37. The van der Waals surface area contributed by atoms with E-state index >= 15 is 0 Å². The molecule has 0 heterocycles. The van der Waals surface area contributed by atoms with Gasteiger partial charge < -0.3 is 10.2 Å². The van der Waals surface area contributed by atoms with Crippen molar-refractivity contribution in [2.24, 2.45) is 0 Å². The van der Waals surface area contributed by atoms with Gasteiger partial charge in [-0.2, -0.15) is 0 Å². The first kappa shape index (κ1) is 15.9. The summed E-state index contributed by atoms with van der Waals surface area (Å²) in [5, 5.41) is 3.08. The summed E-state index contributed by atoms with van der Waals surface area (Å²) < 4.78 is 0. The van der Waals surface area contributed by atoms with Crippen LogP contribution in [-0.2, 0) is 0 Å². The molecule has 0 fully saturated rings. The number of unbranched alkanes of at least 4 members (excludes halogenated alkanes) is 1. The molecule has 4 nitrogen and oxygen atoms in total. The van der Waals surface area contributed by atoms with Crippen molar-refractivity contribution in [1.82, 2.24) is 4.90 Å². The number of anilines is 1. The van der Waals surface area contributed by atoms with Crippen LogP contribution in [0.2, 0.25) is 0 Å². The van der Waals surface area contributed by atoms with Gasteiger partial charge in [0.1, 0.15) is 0 Å². The van der Waals surface area contributed by atoms with Crippen molar-refractivity contribution in [2.75, 3.05) is 31.5 Å². The molecule has 0 aliphatic heterocycles. The van der Waals surface area contributed by atoms with Crippen molar-refractivity contribution in [1.29, 1.82) is 0 Å². The molecule has 108 valence electrons. The van der Waals surface area contributed by atoms with E-state index in [1.54, 1.807) is 6.92 Å². The molecular weight excluding hydrogens is 240 g/mol. The van der Waals surface area contributed by atoms with Crippen molar-refractivity contribution in [3.05, 3.63) is 26.0 Å². The van der Waals surface area contributed by atoms with Gasteiger partial charge in [-0.3, -0.25) is 9.59 Å². The fourth-order valence-electron chi connectivity index (χ4n) is 2.36. The van der Waals surface area contributed by atoms with Gasteiger partial charge in [0.25, 0.3) is 0 Å². The molecule has 4 heteroatoms. The second-order valence-corrected chi connectivity index (χ2v) is 5.13. The second-order valence-electron chi connectivity index (χ2n) is 5.13. The standard InChI is InChI=1S/C15H26N2O2/c1-4-9-17(10-5-2)11-7-6-8-16-13-12(3)14(18)15(13)19/h16H,4-11H2,1-3H3. The van der Waals surface area contributed by atoms with Gasteiger partial charge >= 0.3 is 0 Å². The van der Waals surface area contributed by atoms with Gasteiger partial charge in [0.05, 0.1) is 5.69 Å². The minimum atomic E-state index is -0.351. The highest BCUT2D eigenvalue weighted by Crippen LogP contribution is 2.06. The highest BCUT2D eigenvalue weighted by atomic mass is 16.2. The van der Waals surface area contributed by atoms with Crippen LogP contribution >= 0.6 is 0 Å². The van der Waals surface area contributed by atoms with E-state index < -0.39 is 0 Å². The molecule has 0 aliphatic rings. The molecule has 1 aromatic rings. The van der Waals surface area contributed by atoms with Crippen molar-refractivity contribution in [2.45, 2.75) is 46.5 Å². The van der Waals surface area contributed by atoms with E-state index in [0.29, 0.717) is 11.3 Å². The van der Waals surface area contributed by atoms with Gasteiger partial charge in [0.2, 0.25) is 10.9 Å². The van der Waals surface area contributed by atoms with Crippen LogP contribution in [0.15, 0.2) is 9.59 Å². The van der Waals surface area contributed by atoms with E-state index in [2.05, 4.69) is 24.1 Å². The SMILES string of the molecule is CCCN(CCC)CCCCNc1c(C)c(=O)c1=O. The van der Waals surface area contributed by atoms with Crippen LogP contribution in [0.1, 0.15) is 45.1 Å². The molecule has 0 saturated heterocycles. The molecule has 0 radical (unpaired) electrons. The minimum Gasteiger partial charge on any atom is -0.381 e. The molecule has 1 aromatic carbocycles. The van der Waals surface area contributed by atoms with Crippen LogP contribution in [0.5, 0.6) is 0 Å². The maximum atomic E-state index is 11.2. The number of nitrogens with one attached hydrogen (secondary N) is 1. The lowest BCUT2D eigenvalue weighted by Gasteiger charge is -2.20. The molecule has 0 unspecified atom stereocenters. The summed E-state index contributed by atoms with van der Waals surface area (Å²) in [5.41, 5.74) is 0.434. The smallest absolute Gasteiger partial charge is 0.249 e. The molecule has 0 aliphatic carbocycles. The number of rotatable bonds is 10. The van der Waals surface area contributed by atoms with E-state index in [-0.39, 0.29) is 10.9 Å². The van der Waals surface area contributed by atoms with E-state index in [1.165, 1.54) is 25.9 Å². The molecule has 1 rings (SSSR count). The fraction of sp³-hybridized carbons (Fsp3) is 0.733. The zero-order chi connectivity index (χ0) is 14.3. The Kier molecular flexibility index (Phi) is 6.78. The number of hydrogen-bond donors (Lipinski definition) is 1. The number of hydrogen-bond acceptors (Lipinski definition) is 4. The molecule has 0 bridgehead atoms. The second kappa shape index (κ2) is 8.10. The summed E-state index contributed by atoms with van der Waals surface area (Å²) in [6, 6.07) is 0. The molecule has 0 spiro atoms. The zero-order valence-electron chi connectivity index (χ0n) is 12.4. The average molecular weight is 266 g/mol. The van der Waals surface area contributed by atoms with Crippen LogP contribution in [0.4, 0.5) is 5.69 Å². The summed E-state index contributed by atoms with van der Waals surface area (Å²) in [6.07, 6.45) is 4.55. The van der Waals surface area contributed by atoms with Crippen LogP contribution < -0.4 is 16.2 Å². The maximum Gasteiger partial charge on any atom is 0.249 e. The highest BCUT2D eigenvalue weighted by Gasteiger charge is 2.15. The van der Waals surface area contributed by atoms with E-state index in [9.17, 15) is 9.59 Å². The lowest BCUT2D eigenvalue weighted by atomic mass is 10.1. The van der Waals surface area contributed by atoms with Crippen molar-refractivity contribution in [3.8, 4) is 0 Å². The Balaban J connectivity index is 2.17. The largest absolute Gasteiger partial charge is 0.381 e. The first-order chi connectivity index (χ1) is 9.11. The zero-order valence-corrected chi connectivity index (χ0v) is 12.4. The summed E-state index contributed by atoms with van der Waals surface area (Å²) in [6.45, 7) is 10.3. The third-order valence-corrected chi connectivity index (χ3v) is 3.43. The summed E-state index contributed by atoms with van der Waals surface area (Å²) in [7, 11) is 0. The first-order valence-electron chi connectivity index (χ1n) is 7.37. The quantitative estimate of drug-likeness (QED) is 0.519. The van der Waals surface area contributed by atoms with Gasteiger partial charge in [-0.25, -0.2) is 0 Å². The third kappa shape index (κ3) is 4.46. The van der Waals surface area contributed by atoms with Crippen LogP contribution in [0.3, 0.4) is 0 Å². The molecule has 0 saturated carbocycles. The normalized spacial score (nSPS) is 11.4. The van der Waals surface area contributed by atoms with Gasteiger partial charge in [-0.05, 0) is 52.2 Å². The monoisotopic (exact) mass is 266 g/mol. The van der Waals surface area contributed by atoms with Crippen molar-refractivity contribution >= 4 is 5.69 Å². The van der Waals surface area contributed by atoms with Gasteiger partial charge in [0.15, 0.2) is 0 Å². The number of nitrogens with zero attached hydrogens (tertiary/aromatic N) is 1. The lowest BCUT2D eigenvalue weighted by molar-refractivity contribution is 0.270. The van der Waals surface area contributed by atoms with Crippen molar-refractivity contribution in [3.63, 3.8) is 0 Å². The first-order valence-corrected chi connectivity index (χ1v) is 7.37. The summed E-state index contributed by atoms with van der Waals surface area (Å²) in [4.78, 5) is 24.8. The van der Waals surface area contributed by atoms with Crippen molar-refractivity contribution < 1.29 is 0 Å². The predicted octanol–water partition coefficient (Wildman–Crippen LogP) is 1.91. The maximum absolute atomic E-state index is 11.2. The van der Waals surface area contributed by atoms with Crippen LogP contribution in [0.25, 0.3) is 0 Å². The Morgan fingerprint density at radius 1 is 0.947 bits per heavy atom. The Hall–Kier alpha value is -1.16. The van der Waals surface area contributed by atoms with E-state index in [4.69, 9.17) is 0 Å². The molecule has 0 atom stereocenters. The average Bonchev–Trinajstić information content (AvgIpc) is 2.42. The Morgan fingerprint density at radius 2 is 1.58 bits per heavy atom. The highest BCUT2D eigenvalue weighted by molar-refractivity contribution is 5.55. The molecule has 0 aromatic heterocycles. The Morgan fingerprint density at radius 3 is 2.11 bits per heavy atom. The molecular formula is C15H26N2O2. The van der Waals surface area contributed by atoms with E-state index in [0.717, 1.165) is 25.9 Å².